The molecule has 1 aliphatic rings. The number of nitrogens with one attached hydrogen (secondary N) is 1. The van der Waals surface area contributed by atoms with E-state index in [1.54, 1.807) is 13.8 Å². The minimum Gasteiger partial charge on any atom is -0.315 e. The van der Waals surface area contributed by atoms with Crippen molar-refractivity contribution in [3.8, 4) is 0 Å². The smallest absolute Gasteiger partial charge is 0.258 e. The van der Waals surface area contributed by atoms with Gasteiger partial charge in [0.1, 0.15) is 22.4 Å². The van der Waals surface area contributed by atoms with E-state index in [1.165, 1.54) is 12.1 Å². The van der Waals surface area contributed by atoms with Crippen molar-refractivity contribution >= 4 is 40.9 Å². The molecule has 0 spiro atoms. The van der Waals surface area contributed by atoms with Gasteiger partial charge in [-0.25, -0.2) is 4.98 Å². The fourth-order valence-corrected chi connectivity index (χ4v) is 2.25. The van der Waals surface area contributed by atoms with Crippen LogP contribution in [0, 0.1) is 0 Å². The lowest BCUT2D eigenvalue weighted by molar-refractivity contribution is -0.143. The van der Waals surface area contributed by atoms with Gasteiger partial charge in [-0.2, -0.15) is 0 Å². The molecule has 0 aliphatic carbocycles. The Balaban J connectivity index is 2.40. The summed E-state index contributed by atoms with van der Waals surface area (Å²) in [5.74, 6) is -1.63. The van der Waals surface area contributed by atoms with Crippen LogP contribution in [0.3, 0.4) is 0 Å². The quantitative estimate of drug-likeness (QED) is 0.625. The van der Waals surface area contributed by atoms with Crippen molar-refractivity contribution in [1.82, 2.24) is 15.2 Å². The molecule has 0 aromatic carbocycles. The summed E-state index contributed by atoms with van der Waals surface area (Å²) >= 11 is 11.6. The molecule has 0 radical (unpaired) electrons. The third-order valence-corrected chi connectivity index (χ3v) is 3.57. The molecule has 3 amide bonds. The average Bonchev–Trinajstić information content (AvgIpc) is 2.33. The summed E-state index contributed by atoms with van der Waals surface area (Å²) in [5.41, 5.74) is -1.07. The fraction of sp³-hybridized carbons (Fsp3) is 0.333. The lowest BCUT2D eigenvalue weighted by Crippen LogP contribution is -2.65. The summed E-state index contributed by atoms with van der Waals surface area (Å²) in [4.78, 5) is 40.7. The molecule has 106 valence electrons. The largest absolute Gasteiger partial charge is 0.315 e. The fourth-order valence-electron chi connectivity index (χ4n) is 1.83. The zero-order chi connectivity index (χ0) is 15.1. The van der Waals surface area contributed by atoms with Gasteiger partial charge in [-0.15, -0.1) is 0 Å². The number of piperazine rings is 1. The van der Waals surface area contributed by atoms with Crippen LogP contribution in [0.5, 0.6) is 0 Å². The predicted octanol–water partition coefficient (Wildman–Crippen LogP) is 1.27. The Morgan fingerprint density at radius 3 is 2.60 bits per heavy atom. The number of hydrogen-bond donors (Lipinski definition) is 1. The molecule has 2 rings (SSSR count). The molecule has 1 aromatic heterocycles. The molecule has 0 atom stereocenters. The van der Waals surface area contributed by atoms with E-state index in [0.29, 0.717) is 0 Å². The second-order valence-electron chi connectivity index (χ2n) is 4.80. The van der Waals surface area contributed by atoms with E-state index < -0.39 is 23.3 Å². The third-order valence-electron chi connectivity index (χ3n) is 3.08. The Morgan fingerprint density at radius 1 is 1.35 bits per heavy atom. The molecule has 1 saturated heterocycles. The van der Waals surface area contributed by atoms with Crippen LogP contribution in [0.4, 0.5) is 0 Å². The monoisotopic (exact) mass is 315 g/mol. The standard InChI is InChI=1S/C12H11Cl2N3O3/c1-12(2)11(20)16-8(18)5-17(12)10(19)6-3-4-7(13)15-9(6)14/h3-4H,5H2,1-2H3,(H,16,18,20). The SMILES string of the molecule is CC1(C)C(=O)NC(=O)CN1C(=O)c1ccc(Cl)nc1Cl. The number of hydrogen-bond acceptors (Lipinski definition) is 4. The summed E-state index contributed by atoms with van der Waals surface area (Å²) in [7, 11) is 0. The Kier molecular flexibility index (Phi) is 3.71. The van der Waals surface area contributed by atoms with Crippen molar-refractivity contribution in [3.05, 3.63) is 28.0 Å². The molecule has 1 N–H and O–H groups in total. The number of rotatable bonds is 1. The van der Waals surface area contributed by atoms with Gasteiger partial charge in [-0.3, -0.25) is 19.7 Å². The van der Waals surface area contributed by atoms with Gasteiger partial charge in [0, 0.05) is 0 Å². The normalized spacial score (nSPS) is 17.9. The molecule has 20 heavy (non-hydrogen) atoms. The van der Waals surface area contributed by atoms with Crippen molar-refractivity contribution in [1.29, 1.82) is 0 Å². The Labute approximate surface area is 125 Å². The van der Waals surface area contributed by atoms with Gasteiger partial charge < -0.3 is 4.90 Å². The molecule has 2 heterocycles. The van der Waals surface area contributed by atoms with Crippen LogP contribution in [0.25, 0.3) is 0 Å². The van der Waals surface area contributed by atoms with Crippen molar-refractivity contribution in [2.45, 2.75) is 19.4 Å². The van der Waals surface area contributed by atoms with Crippen molar-refractivity contribution in [3.63, 3.8) is 0 Å². The highest BCUT2D eigenvalue weighted by Gasteiger charge is 2.44. The molecule has 8 heteroatoms. The lowest BCUT2D eigenvalue weighted by Gasteiger charge is -2.40. The van der Waals surface area contributed by atoms with Crippen molar-refractivity contribution in [2.75, 3.05) is 6.54 Å². The molecular formula is C12H11Cl2N3O3. The van der Waals surface area contributed by atoms with Gasteiger partial charge in [0.2, 0.25) is 5.91 Å². The summed E-state index contributed by atoms with van der Waals surface area (Å²) < 4.78 is 0. The molecular weight excluding hydrogens is 305 g/mol. The minimum absolute atomic E-state index is 0.0725. The van der Waals surface area contributed by atoms with Crippen LogP contribution in [-0.4, -0.2) is 39.7 Å². The van der Waals surface area contributed by atoms with E-state index in [9.17, 15) is 14.4 Å². The van der Waals surface area contributed by atoms with Gasteiger partial charge in [0.15, 0.2) is 0 Å². The van der Waals surface area contributed by atoms with Gasteiger partial charge in [0.05, 0.1) is 5.56 Å². The molecule has 0 saturated carbocycles. The number of nitrogens with zero attached hydrogens (tertiary/aromatic N) is 2. The predicted molar refractivity (Wildman–Crippen MR) is 72.5 cm³/mol. The van der Waals surface area contributed by atoms with Gasteiger partial charge in [-0.1, -0.05) is 23.2 Å². The van der Waals surface area contributed by atoms with Crippen LogP contribution in [0.2, 0.25) is 10.3 Å². The second-order valence-corrected chi connectivity index (χ2v) is 5.55. The maximum Gasteiger partial charge on any atom is 0.258 e. The number of aromatic nitrogens is 1. The Bertz CT molecular complexity index is 616. The van der Waals surface area contributed by atoms with Crippen LogP contribution < -0.4 is 5.32 Å². The summed E-state index contributed by atoms with van der Waals surface area (Å²) in [6.07, 6.45) is 0. The van der Waals surface area contributed by atoms with Gasteiger partial charge >= 0.3 is 0 Å². The number of imide groups is 1. The van der Waals surface area contributed by atoms with Gasteiger partial charge in [-0.05, 0) is 26.0 Å². The van der Waals surface area contributed by atoms with E-state index in [1.807, 2.05) is 0 Å². The van der Waals surface area contributed by atoms with Crippen LogP contribution >= 0.6 is 23.2 Å². The first-order chi connectivity index (χ1) is 9.23. The number of amides is 3. The highest BCUT2D eigenvalue weighted by atomic mass is 35.5. The highest BCUT2D eigenvalue weighted by molar-refractivity contribution is 6.34. The van der Waals surface area contributed by atoms with Crippen LogP contribution in [0.1, 0.15) is 24.2 Å². The molecule has 1 fully saturated rings. The highest BCUT2D eigenvalue weighted by Crippen LogP contribution is 2.24. The third kappa shape index (κ3) is 2.48. The Hall–Kier alpha value is -1.66. The average molecular weight is 316 g/mol. The second kappa shape index (κ2) is 5.03. The van der Waals surface area contributed by atoms with Crippen molar-refractivity contribution in [2.24, 2.45) is 0 Å². The van der Waals surface area contributed by atoms with Gasteiger partial charge in [0.25, 0.3) is 11.8 Å². The number of pyridine rings is 1. The first kappa shape index (κ1) is 14.7. The summed E-state index contributed by atoms with van der Waals surface area (Å²) in [5, 5.41) is 2.27. The number of carbonyl (C=O) groups is 3. The Morgan fingerprint density at radius 2 is 2.00 bits per heavy atom. The number of carbonyl (C=O) groups excluding carboxylic acids is 3. The first-order valence-corrected chi connectivity index (χ1v) is 6.47. The van der Waals surface area contributed by atoms with Crippen molar-refractivity contribution < 1.29 is 14.4 Å². The summed E-state index contributed by atoms with van der Waals surface area (Å²) in [6.45, 7) is 2.87. The molecule has 0 bridgehead atoms. The maximum atomic E-state index is 12.5. The summed E-state index contributed by atoms with van der Waals surface area (Å²) in [6, 6.07) is 2.83. The van der Waals surface area contributed by atoms with Crippen LogP contribution in [0.15, 0.2) is 12.1 Å². The zero-order valence-electron chi connectivity index (χ0n) is 10.7. The molecule has 0 unspecified atom stereocenters. The minimum atomic E-state index is -1.16. The topological polar surface area (TPSA) is 79.4 Å². The lowest BCUT2D eigenvalue weighted by atomic mass is 9.97. The van der Waals surface area contributed by atoms with E-state index >= 15 is 0 Å². The maximum absolute atomic E-state index is 12.5. The molecule has 1 aromatic rings. The molecule has 1 aliphatic heterocycles. The first-order valence-electron chi connectivity index (χ1n) is 5.72. The van der Waals surface area contributed by atoms with E-state index in [-0.39, 0.29) is 22.4 Å². The van der Waals surface area contributed by atoms with E-state index in [2.05, 4.69) is 10.3 Å². The van der Waals surface area contributed by atoms with E-state index in [0.717, 1.165) is 4.90 Å². The van der Waals surface area contributed by atoms with Crippen LogP contribution in [-0.2, 0) is 9.59 Å². The zero-order valence-corrected chi connectivity index (χ0v) is 12.2. The van der Waals surface area contributed by atoms with E-state index in [4.69, 9.17) is 23.2 Å². The number of halogens is 2. The molecule has 6 nitrogen and oxygen atoms in total.